The first-order chi connectivity index (χ1) is 4.81. The maximum absolute atomic E-state index is 9.26. The minimum atomic E-state index is -0.0518. The van der Waals surface area contributed by atoms with E-state index in [0.717, 1.165) is 25.0 Å². The molecule has 0 aromatic heterocycles. The number of aliphatic hydroxyl groups is 1. The highest BCUT2D eigenvalue weighted by Crippen LogP contribution is 2.07. The van der Waals surface area contributed by atoms with Crippen LogP contribution in [-0.4, -0.2) is 22.7 Å². The summed E-state index contributed by atoms with van der Waals surface area (Å²) >= 11 is 1.90. The molecule has 0 radical (unpaired) electrons. The third-order valence-corrected chi connectivity index (χ3v) is 2.35. The van der Waals surface area contributed by atoms with Crippen molar-refractivity contribution < 1.29 is 5.11 Å². The Morgan fingerprint density at radius 1 is 1.30 bits per heavy atom. The zero-order valence-electron chi connectivity index (χ0n) is 6.97. The van der Waals surface area contributed by atoms with E-state index >= 15 is 0 Å². The molecule has 10 heavy (non-hydrogen) atoms. The van der Waals surface area contributed by atoms with E-state index in [1.54, 1.807) is 0 Å². The van der Waals surface area contributed by atoms with Gasteiger partial charge in [0.05, 0.1) is 6.10 Å². The molecule has 0 saturated carbocycles. The highest BCUT2D eigenvalue weighted by atomic mass is 32.2. The van der Waals surface area contributed by atoms with Gasteiger partial charge in [0.15, 0.2) is 0 Å². The molecule has 0 aliphatic carbocycles. The second-order valence-electron chi connectivity index (χ2n) is 2.43. The highest BCUT2D eigenvalue weighted by Gasteiger charge is 2.00. The summed E-state index contributed by atoms with van der Waals surface area (Å²) in [4.78, 5) is 0. The lowest BCUT2D eigenvalue weighted by atomic mass is 10.2. The molecule has 0 aliphatic heterocycles. The van der Waals surface area contributed by atoms with Gasteiger partial charge in [0, 0.05) is 0 Å². The van der Waals surface area contributed by atoms with Crippen molar-refractivity contribution in [2.24, 2.45) is 0 Å². The van der Waals surface area contributed by atoms with Crippen LogP contribution in [0.4, 0.5) is 0 Å². The van der Waals surface area contributed by atoms with Crippen LogP contribution in [0.25, 0.3) is 0 Å². The number of hydrogen-bond donors (Lipinski definition) is 1. The van der Waals surface area contributed by atoms with Crippen LogP contribution in [0.1, 0.15) is 33.1 Å². The molecule has 0 amide bonds. The summed E-state index contributed by atoms with van der Waals surface area (Å²) in [6, 6.07) is 0. The Bertz CT molecular complexity index is 66.3. The van der Waals surface area contributed by atoms with Gasteiger partial charge in [-0.05, 0) is 24.3 Å². The predicted molar refractivity (Wildman–Crippen MR) is 48.5 cm³/mol. The van der Waals surface area contributed by atoms with Gasteiger partial charge in [0.1, 0.15) is 0 Å². The average Bonchev–Trinajstić information content (AvgIpc) is 1.89. The van der Waals surface area contributed by atoms with E-state index in [2.05, 4.69) is 13.8 Å². The standard InChI is InChI=1S/C8H18OS/c1-3-5-8(9)6-7-10-4-2/h8-9H,3-7H2,1-2H3. The molecule has 0 aromatic carbocycles. The van der Waals surface area contributed by atoms with Crippen LogP contribution in [0, 0.1) is 0 Å². The average molecular weight is 162 g/mol. The lowest BCUT2D eigenvalue weighted by Crippen LogP contribution is -2.06. The fourth-order valence-corrected chi connectivity index (χ4v) is 1.57. The summed E-state index contributed by atoms with van der Waals surface area (Å²) in [6.07, 6.45) is 2.97. The lowest BCUT2D eigenvalue weighted by molar-refractivity contribution is 0.160. The Hall–Kier alpha value is 0.310. The second kappa shape index (κ2) is 7.42. The Morgan fingerprint density at radius 3 is 2.50 bits per heavy atom. The molecule has 1 unspecified atom stereocenters. The second-order valence-corrected chi connectivity index (χ2v) is 3.82. The van der Waals surface area contributed by atoms with Gasteiger partial charge in [-0.25, -0.2) is 0 Å². The largest absolute Gasteiger partial charge is 0.393 e. The maximum atomic E-state index is 9.26. The third kappa shape index (κ3) is 6.43. The minimum Gasteiger partial charge on any atom is -0.393 e. The van der Waals surface area contributed by atoms with E-state index in [1.807, 2.05) is 11.8 Å². The van der Waals surface area contributed by atoms with E-state index in [0.29, 0.717) is 0 Å². The maximum Gasteiger partial charge on any atom is 0.0548 e. The summed E-state index contributed by atoms with van der Waals surface area (Å²) in [7, 11) is 0. The molecule has 0 heterocycles. The molecule has 1 N–H and O–H groups in total. The zero-order valence-corrected chi connectivity index (χ0v) is 7.78. The lowest BCUT2D eigenvalue weighted by Gasteiger charge is -2.06. The van der Waals surface area contributed by atoms with Crippen molar-refractivity contribution in [2.75, 3.05) is 11.5 Å². The van der Waals surface area contributed by atoms with Gasteiger partial charge in [-0.2, -0.15) is 11.8 Å². The first-order valence-corrected chi connectivity index (χ1v) is 5.22. The van der Waals surface area contributed by atoms with Gasteiger partial charge in [-0.15, -0.1) is 0 Å². The molecule has 0 saturated heterocycles. The smallest absolute Gasteiger partial charge is 0.0548 e. The van der Waals surface area contributed by atoms with Gasteiger partial charge in [0.2, 0.25) is 0 Å². The molecule has 1 nitrogen and oxygen atoms in total. The van der Waals surface area contributed by atoms with E-state index in [-0.39, 0.29) is 6.10 Å². The van der Waals surface area contributed by atoms with Crippen molar-refractivity contribution >= 4 is 11.8 Å². The van der Waals surface area contributed by atoms with Gasteiger partial charge < -0.3 is 5.11 Å². The number of rotatable bonds is 6. The molecular formula is C8H18OS. The molecule has 62 valence electrons. The summed E-state index contributed by atoms with van der Waals surface area (Å²) in [6.45, 7) is 4.26. The molecule has 0 fully saturated rings. The highest BCUT2D eigenvalue weighted by molar-refractivity contribution is 7.99. The van der Waals surface area contributed by atoms with Crippen LogP contribution < -0.4 is 0 Å². The van der Waals surface area contributed by atoms with Gasteiger partial charge in [-0.1, -0.05) is 20.3 Å². The molecule has 1 atom stereocenters. The third-order valence-electron chi connectivity index (χ3n) is 1.42. The molecule has 0 bridgehead atoms. The van der Waals surface area contributed by atoms with Crippen LogP contribution in [0.15, 0.2) is 0 Å². The first kappa shape index (κ1) is 10.3. The van der Waals surface area contributed by atoms with E-state index < -0.39 is 0 Å². The molecule has 0 aliphatic rings. The van der Waals surface area contributed by atoms with E-state index in [9.17, 15) is 5.11 Å². The van der Waals surface area contributed by atoms with Crippen molar-refractivity contribution in [1.82, 2.24) is 0 Å². The Labute approximate surface area is 68.2 Å². The number of aliphatic hydroxyl groups excluding tert-OH is 1. The van der Waals surface area contributed by atoms with Crippen molar-refractivity contribution in [3.63, 3.8) is 0 Å². The Kier molecular flexibility index (Phi) is 7.65. The molecule has 2 heteroatoms. The zero-order chi connectivity index (χ0) is 7.82. The minimum absolute atomic E-state index is 0.0518. The summed E-state index contributed by atoms with van der Waals surface area (Å²) in [5.41, 5.74) is 0. The summed E-state index contributed by atoms with van der Waals surface area (Å²) in [5.74, 6) is 2.27. The fraction of sp³-hybridized carbons (Fsp3) is 1.00. The van der Waals surface area contributed by atoms with E-state index in [1.165, 1.54) is 5.75 Å². The normalized spacial score (nSPS) is 13.5. The van der Waals surface area contributed by atoms with Crippen molar-refractivity contribution in [2.45, 2.75) is 39.2 Å². The fourth-order valence-electron chi connectivity index (χ4n) is 0.841. The molecule has 0 spiro atoms. The Morgan fingerprint density at radius 2 is 2.00 bits per heavy atom. The molecule has 0 rings (SSSR count). The quantitative estimate of drug-likeness (QED) is 0.605. The van der Waals surface area contributed by atoms with E-state index in [4.69, 9.17) is 0 Å². The molecule has 0 aromatic rings. The van der Waals surface area contributed by atoms with Crippen LogP contribution in [0.2, 0.25) is 0 Å². The van der Waals surface area contributed by atoms with Gasteiger partial charge >= 0.3 is 0 Å². The van der Waals surface area contributed by atoms with Crippen molar-refractivity contribution in [1.29, 1.82) is 0 Å². The van der Waals surface area contributed by atoms with Crippen LogP contribution >= 0.6 is 11.8 Å². The van der Waals surface area contributed by atoms with Gasteiger partial charge in [0.25, 0.3) is 0 Å². The van der Waals surface area contributed by atoms with Crippen LogP contribution in [0.5, 0.6) is 0 Å². The summed E-state index contributed by atoms with van der Waals surface area (Å²) in [5, 5.41) is 9.26. The van der Waals surface area contributed by atoms with Gasteiger partial charge in [-0.3, -0.25) is 0 Å². The first-order valence-electron chi connectivity index (χ1n) is 4.07. The van der Waals surface area contributed by atoms with Crippen LogP contribution in [0.3, 0.4) is 0 Å². The van der Waals surface area contributed by atoms with Crippen molar-refractivity contribution in [3.8, 4) is 0 Å². The van der Waals surface area contributed by atoms with Crippen LogP contribution in [-0.2, 0) is 0 Å². The number of thioether (sulfide) groups is 1. The topological polar surface area (TPSA) is 20.2 Å². The van der Waals surface area contributed by atoms with Crippen molar-refractivity contribution in [3.05, 3.63) is 0 Å². The SMILES string of the molecule is CCCC(O)CCSCC. The monoisotopic (exact) mass is 162 g/mol. The summed E-state index contributed by atoms with van der Waals surface area (Å²) < 4.78 is 0. The predicted octanol–water partition coefficient (Wildman–Crippen LogP) is 2.29. The molecular weight excluding hydrogens is 144 g/mol. The number of hydrogen-bond acceptors (Lipinski definition) is 2. The Balaban J connectivity index is 2.97.